The number of rotatable bonds is 4. The zero-order valence-corrected chi connectivity index (χ0v) is 10.5. The number of ether oxygens (including phenoxy) is 1. The molecule has 1 atom stereocenters. The van der Waals surface area contributed by atoms with Crippen LogP contribution in [0.5, 0.6) is 5.75 Å². The summed E-state index contributed by atoms with van der Waals surface area (Å²) in [6, 6.07) is 2.97. The predicted octanol–water partition coefficient (Wildman–Crippen LogP) is 3.01. The van der Waals surface area contributed by atoms with Crippen molar-refractivity contribution in [3.8, 4) is 5.75 Å². The van der Waals surface area contributed by atoms with Gasteiger partial charge in [0.25, 0.3) is 0 Å². The highest BCUT2D eigenvalue weighted by molar-refractivity contribution is 6.35. The molecule has 0 aliphatic carbocycles. The molecule has 0 amide bonds. The van der Waals surface area contributed by atoms with Crippen LogP contribution in [-0.2, 0) is 4.79 Å². The fourth-order valence-electron chi connectivity index (χ4n) is 1.37. The Bertz CT molecular complexity index is 404. The highest BCUT2D eigenvalue weighted by Crippen LogP contribution is 2.36. The molecule has 0 spiro atoms. The Labute approximate surface area is 104 Å². The zero-order valence-electron chi connectivity index (χ0n) is 8.96. The van der Waals surface area contributed by atoms with E-state index in [4.69, 9.17) is 27.9 Å². The molecule has 0 aliphatic heterocycles. The van der Waals surface area contributed by atoms with Gasteiger partial charge in [-0.25, -0.2) is 0 Å². The first kappa shape index (κ1) is 13.3. The number of methoxy groups -OCH3 is 1. The SMILES string of the molecule is CCC(=O)C(O)c1cc(Cl)cc(Cl)c1OC. The van der Waals surface area contributed by atoms with E-state index in [-0.39, 0.29) is 23.0 Å². The lowest BCUT2D eigenvalue weighted by Gasteiger charge is -2.15. The van der Waals surface area contributed by atoms with Crippen LogP contribution in [0.3, 0.4) is 0 Å². The van der Waals surface area contributed by atoms with Crippen LogP contribution in [0.1, 0.15) is 25.0 Å². The highest BCUT2D eigenvalue weighted by atomic mass is 35.5. The van der Waals surface area contributed by atoms with E-state index >= 15 is 0 Å². The minimum atomic E-state index is -1.25. The van der Waals surface area contributed by atoms with Crippen LogP contribution < -0.4 is 4.74 Å². The Hall–Kier alpha value is -0.770. The van der Waals surface area contributed by atoms with Gasteiger partial charge >= 0.3 is 0 Å². The number of carbonyl (C=O) groups is 1. The van der Waals surface area contributed by atoms with Gasteiger partial charge < -0.3 is 9.84 Å². The third-order valence-electron chi connectivity index (χ3n) is 2.19. The van der Waals surface area contributed by atoms with Crippen molar-refractivity contribution >= 4 is 29.0 Å². The topological polar surface area (TPSA) is 46.5 Å². The lowest BCUT2D eigenvalue weighted by Crippen LogP contribution is -2.12. The maximum atomic E-state index is 11.4. The number of Topliss-reactive ketones (excluding diaryl/α,β-unsaturated/α-hetero) is 1. The number of benzene rings is 1. The number of hydrogen-bond acceptors (Lipinski definition) is 3. The van der Waals surface area contributed by atoms with Gasteiger partial charge in [-0.3, -0.25) is 4.79 Å². The summed E-state index contributed by atoms with van der Waals surface area (Å²) in [5.74, 6) is -0.0306. The fourth-order valence-corrected chi connectivity index (χ4v) is 1.95. The summed E-state index contributed by atoms with van der Waals surface area (Å²) >= 11 is 11.7. The first-order valence-corrected chi connectivity index (χ1v) is 5.50. The van der Waals surface area contributed by atoms with Crippen LogP contribution in [0.4, 0.5) is 0 Å². The predicted molar refractivity (Wildman–Crippen MR) is 63.3 cm³/mol. The first-order chi connectivity index (χ1) is 7.51. The lowest BCUT2D eigenvalue weighted by atomic mass is 10.0. The summed E-state index contributed by atoms with van der Waals surface area (Å²) in [4.78, 5) is 11.4. The summed E-state index contributed by atoms with van der Waals surface area (Å²) in [5.41, 5.74) is 0.298. The van der Waals surface area contributed by atoms with Crippen molar-refractivity contribution in [3.63, 3.8) is 0 Å². The van der Waals surface area contributed by atoms with Gasteiger partial charge in [-0.15, -0.1) is 0 Å². The number of halogens is 2. The maximum Gasteiger partial charge on any atom is 0.165 e. The number of carbonyl (C=O) groups excluding carboxylic acids is 1. The molecule has 16 heavy (non-hydrogen) atoms. The van der Waals surface area contributed by atoms with Crippen LogP contribution in [0.15, 0.2) is 12.1 Å². The quantitative estimate of drug-likeness (QED) is 0.908. The van der Waals surface area contributed by atoms with E-state index in [1.165, 1.54) is 19.2 Å². The smallest absolute Gasteiger partial charge is 0.165 e. The van der Waals surface area contributed by atoms with Gasteiger partial charge in [0.2, 0.25) is 0 Å². The number of aliphatic hydroxyl groups excluding tert-OH is 1. The molecule has 1 aromatic carbocycles. The van der Waals surface area contributed by atoms with Crippen molar-refractivity contribution in [2.24, 2.45) is 0 Å². The molecule has 1 N–H and O–H groups in total. The summed E-state index contributed by atoms with van der Waals surface area (Å²) in [5, 5.41) is 10.4. The zero-order chi connectivity index (χ0) is 12.3. The highest BCUT2D eigenvalue weighted by Gasteiger charge is 2.22. The monoisotopic (exact) mass is 262 g/mol. The van der Waals surface area contributed by atoms with Gasteiger partial charge in [-0.1, -0.05) is 30.1 Å². The van der Waals surface area contributed by atoms with Crippen molar-refractivity contribution in [1.29, 1.82) is 0 Å². The van der Waals surface area contributed by atoms with Gasteiger partial charge in [0.15, 0.2) is 5.78 Å². The number of aliphatic hydroxyl groups is 1. The summed E-state index contributed by atoms with van der Waals surface area (Å²) in [6.07, 6.45) is -1.02. The molecule has 0 bridgehead atoms. The molecule has 5 heteroatoms. The van der Waals surface area contributed by atoms with Crippen molar-refractivity contribution < 1.29 is 14.6 Å². The van der Waals surface area contributed by atoms with Crippen molar-refractivity contribution in [1.82, 2.24) is 0 Å². The Balaban J connectivity index is 3.25. The van der Waals surface area contributed by atoms with Gasteiger partial charge in [0.05, 0.1) is 12.1 Å². The van der Waals surface area contributed by atoms with Crippen LogP contribution in [0.25, 0.3) is 0 Å². The second kappa shape index (κ2) is 5.53. The Morgan fingerprint density at radius 3 is 2.62 bits per heavy atom. The first-order valence-electron chi connectivity index (χ1n) is 4.75. The van der Waals surface area contributed by atoms with E-state index in [0.717, 1.165) is 0 Å². The Morgan fingerprint density at radius 2 is 2.12 bits per heavy atom. The molecule has 1 rings (SSSR count). The van der Waals surface area contributed by atoms with E-state index in [1.807, 2.05) is 0 Å². The maximum absolute atomic E-state index is 11.4. The van der Waals surface area contributed by atoms with Gasteiger partial charge in [-0.2, -0.15) is 0 Å². The molecule has 0 saturated heterocycles. The molecule has 88 valence electrons. The van der Waals surface area contributed by atoms with E-state index < -0.39 is 6.10 Å². The molecule has 0 heterocycles. The lowest BCUT2D eigenvalue weighted by molar-refractivity contribution is -0.127. The van der Waals surface area contributed by atoms with E-state index in [9.17, 15) is 9.90 Å². The third-order valence-corrected chi connectivity index (χ3v) is 2.69. The third kappa shape index (κ3) is 2.67. The summed E-state index contributed by atoms with van der Waals surface area (Å²) < 4.78 is 5.04. The van der Waals surface area contributed by atoms with Crippen LogP contribution in [-0.4, -0.2) is 18.0 Å². The number of hydrogen-bond donors (Lipinski definition) is 1. The van der Waals surface area contributed by atoms with Crippen LogP contribution >= 0.6 is 23.2 Å². The van der Waals surface area contributed by atoms with Gasteiger partial charge in [0, 0.05) is 17.0 Å². The average Bonchev–Trinajstić information content (AvgIpc) is 2.26. The summed E-state index contributed by atoms with van der Waals surface area (Å²) in [6.45, 7) is 1.67. The number of ketones is 1. The van der Waals surface area contributed by atoms with Crippen molar-refractivity contribution in [2.75, 3.05) is 7.11 Å². The minimum absolute atomic E-state index is 0.231. The molecule has 1 aromatic rings. The van der Waals surface area contributed by atoms with Crippen molar-refractivity contribution in [2.45, 2.75) is 19.4 Å². The van der Waals surface area contributed by atoms with E-state index in [1.54, 1.807) is 6.92 Å². The average molecular weight is 263 g/mol. The summed E-state index contributed by atoms with van der Waals surface area (Å²) in [7, 11) is 1.42. The van der Waals surface area contributed by atoms with Crippen LogP contribution in [0.2, 0.25) is 10.0 Å². The molecule has 0 radical (unpaired) electrons. The van der Waals surface area contributed by atoms with E-state index in [2.05, 4.69) is 0 Å². The van der Waals surface area contributed by atoms with E-state index in [0.29, 0.717) is 10.6 Å². The minimum Gasteiger partial charge on any atom is -0.495 e. The molecular formula is C11H12Cl2O3. The Kier molecular flexibility index (Phi) is 4.59. The molecule has 0 fully saturated rings. The molecule has 1 unspecified atom stereocenters. The molecule has 3 nitrogen and oxygen atoms in total. The molecule has 0 aliphatic rings. The normalized spacial score (nSPS) is 12.3. The molecule has 0 saturated carbocycles. The second-order valence-corrected chi connectivity index (χ2v) is 4.08. The van der Waals surface area contributed by atoms with Crippen molar-refractivity contribution in [3.05, 3.63) is 27.7 Å². The molecular weight excluding hydrogens is 251 g/mol. The largest absolute Gasteiger partial charge is 0.495 e. The van der Waals surface area contributed by atoms with Crippen LogP contribution in [0, 0.1) is 0 Å². The fraction of sp³-hybridized carbons (Fsp3) is 0.364. The van der Waals surface area contributed by atoms with Gasteiger partial charge in [0.1, 0.15) is 11.9 Å². The molecule has 0 aromatic heterocycles. The second-order valence-electron chi connectivity index (χ2n) is 3.23. The van der Waals surface area contributed by atoms with Gasteiger partial charge in [-0.05, 0) is 12.1 Å². The Morgan fingerprint density at radius 1 is 1.50 bits per heavy atom. The standard InChI is InChI=1S/C11H12Cl2O3/c1-3-9(14)10(15)7-4-6(12)5-8(13)11(7)16-2/h4-5,10,15H,3H2,1-2H3.